The molecule has 0 bridgehead atoms. The normalized spacial score (nSPS) is 55.3. The van der Waals surface area contributed by atoms with Crippen molar-refractivity contribution in [1.82, 2.24) is 0 Å². The molecule has 0 aromatic rings. The largest absolute Gasteiger partial charge is 0.481 e. The first kappa shape index (κ1) is 31.0. The Morgan fingerprint density at radius 1 is 0.905 bits per heavy atom. The summed E-state index contributed by atoms with van der Waals surface area (Å²) in [7, 11) is 0. The minimum absolute atomic E-state index is 0.00660. The standard InChI is InChI=1S/C35H56O7/c1-19-10-15-35(30(39)40)17-16-33(6)21(26(35)20(19)2)8-9-24-32(5)13-12-25(31(3,4)23(32)11-14-34(24,33)7)42-29-28(38)27(37)22(36)18-41-29/h8,19-20,22-29,36-38H,9-18H2,1-7H3,(H,39,40)/t19-,20+,22-,23+,24-,25+,26+,27-,28+,29-,32+,33-,34-,35+/m1/s1. The second-order valence-electron chi connectivity index (χ2n) is 16.8. The summed E-state index contributed by atoms with van der Waals surface area (Å²) in [5.74, 6) is 1.38. The van der Waals surface area contributed by atoms with Crippen LogP contribution in [-0.2, 0) is 14.3 Å². The molecular weight excluding hydrogens is 532 g/mol. The van der Waals surface area contributed by atoms with Gasteiger partial charge < -0.3 is 29.9 Å². The Balaban J connectivity index is 1.31. The molecule has 0 aromatic carbocycles. The van der Waals surface area contributed by atoms with Gasteiger partial charge in [0.15, 0.2) is 6.29 Å². The molecule has 5 aliphatic carbocycles. The zero-order valence-electron chi connectivity index (χ0n) is 26.9. The molecule has 0 spiro atoms. The van der Waals surface area contributed by atoms with Crippen LogP contribution >= 0.6 is 0 Å². The van der Waals surface area contributed by atoms with Gasteiger partial charge in [-0.1, -0.05) is 60.1 Å². The van der Waals surface area contributed by atoms with Crippen molar-refractivity contribution in [3.63, 3.8) is 0 Å². The number of rotatable bonds is 3. The first-order chi connectivity index (χ1) is 19.5. The van der Waals surface area contributed by atoms with Gasteiger partial charge in [0.1, 0.15) is 18.3 Å². The summed E-state index contributed by atoms with van der Waals surface area (Å²) >= 11 is 0. The zero-order valence-corrected chi connectivity index (χ0v) is 26.9. The highest BCUT2D eigenvalue weighted by molar-refractivity contribution is 5.76. The molecule has 1 aliphatic heterocycles. The molecule has 1 saturated heterocycles. The number of ether oxygens (including phenoxy) is 2. The molecule has 6 rings (SSSR count). The van der Waals surface area contributed by atoms with Crippen LogP contribution in [-0.4, -0.2) is 63.7 Å². The van der Waals surface area contributed by atoms with Crippen LogP contribution in [0.3, 0.4) is 0 Å². The Kier molecular flexibility index (Phi) is 7.39. The Morgan fingerprint density at radius 3 is 2.31 bits per heavy atom. The third-order valence-electron chi connectivity index (χ3n) is 15.1. The molecule has 4 N–H and O–H groups in total. The summed E-state index contributed by atoms with van der Waals surface area (Å²) < 4.78 is 12.1. The number of carboxylic acid groups (broad SMARTS) is 1. The quantitative estimate of drug-likeness (QED) is 0.252. The SMILES string of the molecule is C[C@H]1[C@H](C)CC[C@]2(C(=O)O)CC[C@]3(C)C(=CC[C@@H]4[C@@]5(C)CC[C@H](O[C@H]6OC[C@@H](O)[C@@H](O)[C@@H]6O)C(C)(C)[C@@H]5CC[C@]43C)[C@H]12. The minimum Gasteiger partial charge on any atom is -0.481 e. The maximum absolute atomic E-state index is 13.0. The number of aliphatic carboxylic acids is 1. The Hall–Kier alpha value is -0.990. The van der Waals surface area contributed by atoms with Crippen LogP contribution in [0.2, 0.25) is 0 Å². The van der Waals surface area contributed by atoms with E-state index in [1.165, 1.54) is 5.57 Å². The van der Waals surface area contributed by atoms with E-state index in [1.807, 2.05) is 0 Å². The van der Waals surface area contributed by atoms with E-state index in [9.17, 15) is 25.2 Å². The summed E-state index contributed by atoms with van der Waals surface area (Å²) in [6.45, 7) is 16.8. The molecular formula is C35H56O7. The maximum atomic E-state index is 13.0. The van der Waals surface area contributed by atoms with Crippen LogP contribution in [0.4, 0.5) is 0 Å². The Morgan fingerprint density at radius 2 is 1.62 bits per heavy atom. The fourth-order valence-corrected chi connectivity index (χ4v) is 12.1. The average molecular weight is 589 g/mol. The van der Waals surface area contributed by atoms with Crippen molar-refractivity contribution in [3.8, 4) is 0 Å². The van der Waals surface area contributed by atoms with Crippen molar-refractivity contribution in [1.29, 1.82) is 0 Å². The number of carbonyl (C=O) groups is 1. The summed E-state index contributed by atoms with van der Waals surface area (Å²) in [6, 6.07) is 0. The van der Waals surface area contributed by atoms with Gasteiger partial charge in [0.2, 0.25) is 0 Å². The lowest BCUT2D eigenvalue weighted by atomic mass is 9.33. The lowest BCUT2D eigenvalue weighted by molar-refractivity contribution is -0.308. The van der Waals surface area contributed by atoms with Crippen LogP contribution in [0.5, 0.6) is 0 Å². The van der Waals surface area contributed by atoms with Gasteiger partial charge in [-0.15, -0.1) is 0 Å². The number of hydrogen-bond donors (Lipinski definition) is 4. The summed E-state index contributed by atoms with van der Waals surface area (Å²) in [4.78, 5) is 13.0. The molecule has 7 nitrogen and oxygen atoms in total. The van der Waals surface area contributed by atoms with Crippen molar-refractivity contribution in [2.24, 2.45) is 56.7 Å². The van der Waals surface area contributed by atoms with E-state index in [0.29, 0.717) is 23.7 Å². The van der Waals surface area contributed by atoms with Crippen LogP contribution < -0.4 is 0 Å². The molecule has 1 heterocycles. The molecule has 0 radical (unpaired) electrons. The number of aliphatic hydroxyl groups is 3. The Bertz CT molecular complexity index is 1120. The monoisotopic (exact) mass is 588 g/mol. The maximum Gasteiger partial charge on any atom is 0.310 e. The van der Waals surface area contributed by atoms with E-state index in [2.05, 4.69) is 54.5 Å². The van der Waals surface area contributed by atoms with Crippen molar-refractivity contribution in [3.05, 3.63) is 11.6 Å². The fraction of sp³-hybridized carbons (Fsp3) is 0.914. The van der Waals surface area contributed by atoms with E-state index in [4.69, 9.17) is 9.47 Å². The van der Waals surface area contributed by atoms with Crippen LogP contribution in [0.25, 0.3) is 0 Å². The molecule has 4 saturated carbocycles. The predicted molar refractivity (Wildman–Crippen MR) is 159 cm³/mol. The van der Waals surface area contributed by atoms with Gasteiger partial charge in [0.25, 0.3) is 0 Å². The summed E-state index contributed by atoms with van der Waals surface area (Å²) in [5, 5.41) is 41.4. The Labute approximate surface area is 252 Å². The van der Waals surface area contributed by atoms with Gasteiger partial charge in [-0.3, -0.25) is 4.79 Å². The summed E-state index contributed by atoms with van der Waals surface area (Å²) in [5.41, 5.74) is 0.885. The van der Waals surface area contributed by atoms with E-state index in [-0.39, 0.29) is 40.3 Å². The second kappa shape index (κ2) is 10.0. The number of hydrogen-bond acceptors (Lipinski definition) is 6. The van der Waals surface area contributed by atoms with E-state index in [1.54, 1.807) is 0 Å². The summed E-state index contributed by atoms with van der Waals surface area (Å²) in [6.07, 6.45) is 6.46. The lowest BCUT2D eigenvalue weighted by Crippen LogP contribution is -2.66. The van der Waals surface area contributed by atoms with Crippen molar-refractivity contribution >= 4 is 5.97 Å². The second-order valence-corrected chi connectivity index (χ2v) is 16.8. The molecule has 0 amide bonds. The third kappa shape index (κ3) is 3.98. The van der Waals surface area contributed by atoms with Gasteiger partial charge in [0, 0.05) is 0 Å². The minimum atomic E-state index is -1.27. The highest BCUT2D eigenvalue weighted by Crippen LogP contribution is 2.76. The smallest absolute Gasteiger partial charge is 0.310 e. The van der Waals surface area contributed by atoms with Gasteiger partial charge >= 0.3 is 5.97 Å². The number of allylic oxidation sites excluding steroid dienone is 2. The molecule has 0 aromatic heterocycles. The lowest BCUT2D eigenvalue weighted by Gasteiger charge is -2.71. The van der Waals surface area contributed by atoms with Crippen molar-refractivity contribution < 1.29 is 34.7 Å². The van der Waals surface area contributed by atoms with Crippen LogP contribution in [0, 0.1) is 56.7 Å². The fourth-order valence-electron chi connectivity index (χ4n) is 12.1. The van der Waals surface area contributed by atoms with E-state index >= 15 is 0 Å². The highest BCUT2D eigenvalue weighted by atomic mass is 16.7. The average Bonchev–Trinajstić information content (AvgIpc) is 2.92. The van der Waals surface area contributed by atoms with E-state index < -0.39 is 36.0 Å². The van der Waals surface area contributed by atoms with Gasteiger partial charge in [-0.05, 0) is 109 Å². The number of carboxylic acids is 1. The molecule has 6 aliphatic rings. The topological polar surface area (TPSA) is 116 Å². The number of fused-ring (bicyclic) bond motifs is 7. The van der Waals surface area contributed by atoms with Crippen LogP contribution in [0.1, 0.15) is 106 Å². The predicted octanol–water partition coefficient (Wildman–Crippen LogP) is 5.55. The number of aliphatic hydroxyl groups excluding tert-OH is 3. The van der Waals surface area contributed by atoms with Gasteiger partial charge in [0.05, 0.1) is 18.1 Å². The van der Waals surface area contributed by atoms with Crippen LogP contribution in [0.15, 0.2) is 11.6 Å². The molecule has 0 unspecified atom stereocenters. The first-order valence-electron chi connectivity index (χ1n) is 16.8. The molecule has 42 heavy (non-hydrogen) atoms. The first-order valence-corrected chi connectivity index (χ1v) is 16.8. The van der Waals surface area contributed by atoms with Crippen molar-refractivity contribution in [2.45, 2.75) is 137 Å². The molecule has 7 heteroatoms. The van der Waals surface area contributed by atoms with Gasteiger partial charge in [-0.2, -0.15) is 0 Å². The van der Waals surface area contributed by atoms with Crippen molar-refractivity contribution in [2.75, 3.05) is 6.61 Å². The zero-order chi connectivity index (χ0) is 30.6. The molecule has 5 fully saturated rings. The third-order valence-corrected chi connectivity index (χ3v) is 15.1. The highest BCUT2D eigenvalue weighted by Gasteiger charge is 2.69. The van der Waals surface area contributed by atoms with E-state index in [0.717, 1.165) is 57.8 Å². The molecule has 14 atom stereocenters. The van der Waals surface area contributed by atoms with Gasteiger partial charge in [-0.25, -0.2) is 0 Å². The molecule has 238 valence electrons.